The fraction of sp³-hybridized carbons (Fsp3) is 0.357. The second kappa shape index (κ2) is 5.43. The van der Waals surface area contributed by atoms with Crippen molar-refractivity contribution in [3.8, 4) is 0 Å². The maximum absolute atomic E-state index is 4.49. The Hall–Kier alpha value is -1.19. The quantitative estimate of drug-likeness (QED) is 0.891. The maximum atomic E-state index is 4.49. The van der Waals surface area contributed by atoms with E-state index in [1.54, 1.807) is 11.3 Å². The predicted molar refractivity (Wildman–Crippen MR) is 73.3 cm³/mol. The molecule has 0 unspecified atom stereocenters. The molecular weight excluding hydrogens is 228 g/mol. The van der Waals surface area contributed by atoms with Crippen LogP contribution >= 0.6 is 11.3 Å². The molecule has 1 aromatic heterocycles. The summed E-state index contributed by atoms with van der Waals surface area (Å²) in [6, 6.07) is 8.94. The van der Waals surface area contributed by atoms with Gasteiger partial charge in [-0.1, -0.05) is 29.8 Å². The van der Waals surface area contributed by atoms with Crippen LogP contribution < -0.4 is 5.32 Å². The topological polar surface area (TPSA) is 24.9 Å². The van der Waals surface area contributed by atoms with E-state index in [2.05, 4.69) is 53.8 Å². The van der Waals surface area contributed by atoms with Gasteiger partial charge in [-0.25, -0.2) is 4.98 Å². The normalized spacial score (nSPS) is 12.6. The molecule has 2 aromatic rings. The average molecular weight is 246 g/mol. The third-order valence-corrected chi connectivity index (χ3v) is 3.61. The van der Waals surface area contributed by atoms with E-state index in [0.29, 0.717) is 6.04 Å². The first-order chi connectivity index (χ1) is 8.15. The van der Waals surface area contributed by atoms with Crippen LogP contribution in [0.4, 0.5) is 0 Å². The summed E-state index contributed by atoms with van der Waals surface area (Å²) in [4.78, 5) is 4.49. The predicted octanol–water partition coefficient (Wildman–Crippen LogP) is 3.61. The van der Waals surface area contributed by atoms with Gasteiger partial charge in [-0.05, 0) is 26.3 Å². The number of benzene rings is 1. The van der Waals surface area contributed by atoms with Crippen LogP contribution in [-0.2, 0) is 6.54 Å². The summed E-state index contributed by atoms with van der Waals surface area (Å²) in [5.74, 6) is 0. The third-order valence-electron chi connectivity index (χ3n) is 2.81. The maximum Gasteiger partial charge on any atom is 0.0898 e. The van der Waals surface area contributed by atoms with Gasteiger partial charge in [-0.2, -0.15) is 0 Å². The Bertz CT molecular complexity index is 473. The lowest BCUT2D eigenvalue weighted by Gasteiger charge is -2.11. The van der Waals surface area contributed by atoms with Crippen LogP contribution in [0.25, 0.3) is 0 Å². The SMILES string of the molecule is Cc1ccc(CN[C@@H](C)c2csc(C)n2)cc1. The number of nitrogens with one attached hydrogen (secondary N) is 1. The molecule has 0 saturated heterocycles. The number of aromatic nitrogens is 1. The highest BCUT2D eigenvalue weighted by Gasteiger charge is 2.07. The lowest BCUT2D eigenvalue weighted by molar-refractivity contribution is 0.563. The highest BCUT2D eigenvalue weighted by molar-refractivity contribution is 7.09. The summed E-state index contributed by atoms with van der Waals surface area (Å²) in [5, 5.41) is 6.75. The number of rotatable bonds is 4. The van der Waals surface area contributed by atoms with Crippen LogP contribution in [0.1, 0.15) is 34.8 Å². The number of hydrogen-bond donors (Lipinski definition) is 1. The van der Waals surface area contributed by atoms with Crippen LogP contribution in [0.2, 0.25) is 0 Å². The highest BCUT2D eigenvalue weighted by Crippen LogP contribution is 2.16. The molecular formula is C14H18N2S. The lowest BCUT2D eigenvalue weighted by Crippen LogP contribution is -2.18. The molecule has 3 heteroatoms. The molecule has 0 aliphatic rings. The minimum absolute atomic E-state index is 0.307. The molecule has 1 N–H and O–H groups in total. The molecule has 1 atom stereocenters. The average Bonchev–Trinajstić information content (AvgIpc) is 2.75. The minimum Gasteiger partial charge on any atom is -0.305 e. The molecule has 0 spiro atoms. The van der Waals surface area contributed by atoms with Crippen LogP contribution in [0.15, 0.2) is 29.6 Å². The molecule has 2 rings (SSSR count). The zero-order valence-electron chi connectivity index (χ0n) is 10.5. The van der Waals surface area contributed by atoms with Gasteiger partial charge in [-0.3, -0.25) is 0 Å². The molecule has 0 saturated carbocycles. The first kappa shape index (κ1) is 12.3. The van der Waals surface area contributed by atoms with E-state index in [9.17, 15) is 0 Å². The fourth-order valence-corrected chi connectivity index (χ4v) is 2.37. The van der Waals surface area contributed by atoms with Crippen molar-refractivity contribution in [1.82, 2.24) is 10.3 Å². The van der Waals surface area contributed by atoms with Gasteiger partial charge >= 0.3 is 0 Å². The van der Waals surface area contributed by atoms with Crippen molar-refractivity contribution in [2.24, 2.45) is 0 Å². The zero-order chi connectivity index (χ0) is 12.3. The number of nitrogens with zero attached hydrogens (tertiary/aromatic N) is 1. The molecule has 0 radical (unpaired) electrons. The van der Waals surface area contributed by atoms with Crippen LogP contribution in [0.3, 0.4) is 0 Å². The van der Waals surface area contributed by atoms with E-state index in [-0.39, 0.29) is 0 Å². The summed E-state index contributed by atoms with van der Waals surface area (Å²) >= 11 is 1.71. The lowest BCUT2D eigenvalue weighted by atomic mass is 10.1. The van der Waals surface area contributed by atoms with Gasteiger partial charge in [0.05, 0.1) is 10.7 Å². The summed E-state index contributed by atoms with van der Waals surface area (Å²) in [6.07, 6.45) is 0. The van der Waals surface area contributed by atoms with Crippen LogP contribution in [-0.4, -0.2) is 4.98 Å². The number of hydrogen-bond acceptors (Lipinski definition) is 3. The Morgan fingerprint density at radius 2 is 1.94 bits per heavy atom. The van der Waals surface area contributed by atoms with Crippen LogP contribution in [0.5, 0.6) is 0 Å². The van der Waals surface area contributed by atoms with Gasteiger partial charge in [-0.15, -0.1) is 11.3 Å². The van der Waals surface area contributed by atoms with Gasteiger partial charge in [0.2, 0.25) is 0 Å². The molecule has 1 heterocycles. The van der Waals surface area contributed by atoms with Gasteiger partial charge in [0.25, 0.3) is 0 Å². The van der Waals surface area contributed by atoms with Gasteiger partial charge < -0.3 is 5.32 Å². The second-order valence-corrected chi connectivity index (χ2v) is 5.44. The molecule has 0 amide bonds. The monoisotopic (exact) mass is 246 g/mol. The van der Waals surface area contributed by atoms with E-state index >= 15 is 0 Å². The van der Waals surface area contributed by atoms with E-state index in [0.717, 1.165) is 17.2 Å². The summed E-state index contributed by atoms with van der Waals surface area (Å²) in [7, 11) is 0. The van der Waals surface area contributed by atoms with E-state index in [1.807, 2.05) is 6.92 Å². The Labute approximate surface area is 107 Å². The standard InChI is InChI=1S/C14H18N2S/c1-10-4-6-13(7-5-10)8-15-11(2)14-9-17-12(3)16-14/h4-7,9,11,15H,8H2,1-3H3/t11-/m0/s1. The number of thiazole rings is 1. The van der Waals surface area contributed by atoms with Gasteiger partial charge in [0, 0.05) is 18.0 Å². The van der Waals surface area contributed by atoms with Crippen molar-refractivity contribution in [3.63, 3.8) is 0 Å². The second-order valence-electron chi connectivity index (χ2n) is 4.38. The Kier molecular flexibility index (Phi) is 3.92. The molecule has 0 aliphatic carbocycles. The Morgan fingerprint density at radius 3 is 2.53 bits per heavy atom. The molecule has 0 bridgehead atoms. The van der Waals surface area contributed by atoms with Crippen molar-refractivity contribution >= 4 is 11.3 Å². The number of aryl methyl sites for hydroxylation is 2. The first-order valence-corrected chi connectivity index (χ1v) is 6.74. The summed E-state index contributed by atoms with van der Waals surface area (Å²) < 4.78 is 0. The summed E-state index contributed by atoms with van der Waals surface area (Å²) in [6.45, 7) is 7.19. The van der Waals surface area contributed by atoms with Crippen molar-refractivity contribution in [2.75, 3.05) is 0 Å². The largest absolute Gasteiger partial charge is 0.305 e. The molecule has 90 valence electrons. The molecule has 0 aliphatic heterocycles. The van der Waals surface area contributed by atoms with Crippen molar-refractivity contribution in [3.05, 3.63) is 51.5 Å². The van der Waals surface area contributed by atoms with E-state index < -0.39 is 0 Å². The molecule has 0 fully saturated rings. The smallest absolute Gasteiger partial charge is 0.0898 e. The Balaban J connectivity index is 1.92. The van der Waals surface area contributed by atoms with Crippen molar-refractivity contribution in [2.45, 2.75) is 33.4 Å². The van der Waals surface area contributed by atoms with Gasteiger partial charge in [0.1, 0.15) is 0 Å². The molecule has 2 nitrogen and oxygen atoms in total. The zero-order valence-corrected chi connectivity index (χ0v) is 11.3. The van der Waals surface area contributed by atoms with E-state index in [4.69, 9.17) is 0 Å². The van der Waals surface area contributed by atoms with Crippen molar-refractivity contribution in [1.29, 1.82) is 0 Å². The molecule has 17 heavy (non-hydrogen) atoms. The Morgan fingerprint density at radius 1 is 1.24 bits per heavy atom. The fourth-order valence-electron chi connectivity index (χ4n) is 1.66. The highest BCUT2D eigenvalue weighted by atomic mass is 32.1. The minimum atomic E-state index is 0.307. The van der Waals surface area contributed by atoms with Gasteiger partial charge in [0.15, 0.2) is 0 Å². The third kappa shape index (κ3) is 3.38. The first-order valence-electron chi connectivity index (χ1n) is 5.86. The summed E-state index contributed by atoms with van der Waals surface area (Å²) in [5.41, 5.74) is 3.76. The van der Waals surface area contributed by atoms with E-state index in [1.165, 1.54) is 11.1 Å². The van der Waals surface area contributed by atoms with Crippen molar-refractivity contribution < 1.29 is 0 Å². The molecule has 1 aromatic carbocycles. The van der Waals surface area contributed by atoms with Crippen LogP contribution in [0, 0.1) is 13.8 Å².